The molecule has 0 radical (unpaired) electrons. The highest BCUT2D eigenvalue weighted by atomic mass is 16.5. The number of fused-ring (bicyclic) bond motifs is 1. The van der Waals surface area contributed by atoms with Crippen molar-refractivity contribution in [1.29, 1.82) is 0 Å². The Morgan fingerprint density at radius 2 is 1.68 bits per heavy atom. The van der Waals surface area contributed by atoms with Gasteiger partial charge in [-0.3, -0.25) is 0 Å². The molecule has 0 aromatic heterocycles. The summed E-state index contributed by atoms with van der Waals surface area (Å²) in [6.07, 6.45) is 0. The van der Waals surface area contributed by atoms with E-state index in [1.165, 1.54) is 11.3 Å². The fraction of sp³-hybridized carbons (Fsp3) is 0.263. The molecular formula is C19H21NO2. The quantitative estimate of drug-likeness (QED) is 0.817. The number of anilines is 1. The first-order chi connectivity index (χ1) is 10.4. The van der Waals surface area contributed by atoms with Crippen molar-refractivity contribution in [1.82, 2.24) is 0 Å². The van der Waals surface area contributed by atoms with E-state index in [1.54, 1.807) is 7.11 Å². The molecule has 3 heteroatoms. The highest BCUT2D eigenvalue weighted by Gasteiger charge is 2.37. The van der Waals surface area contributed by atoms with E-state index in [2.05, 4.69) is 44.5 Å². The number of ether oxygens (including phenoxy) is 2. The lowest BCUT2D eigenvalue weighted by Gasteiger charge is -2.22. The Morgan fingerprint density at radius 3 is 2.41 bits per heavy atom. The van der Waals surface area contributed by atoms with E-state index in [9.17, 15) is 0 Å². The van der Waals surface area contributed by atoms with Crippen LogP contribution in [-0.2, 0) is 5.41 Å². The lowest BCUT2D eigenvalue weighted by molar-refractivity contribution is 0.409. The molecule has 0 amide bonds. The molecule has 1 heterocycles. The summed E-state index contributed by atoms with van der Waals surface area (Å²) in [5.74, 6) is 2.37. The third kappa shape index (κ3) is 2.23. The van der Waals surface area contributed by atoms with Crippen molar-refractivity contribution >= 4 is 5.69 Å². The zero-order valence-corrected chi connectivity index (χ0v) is 13.5. The molecule has 0 spiro atoms. The van der Waals surface area contributed by atoms with Crippen LogP contribution in [0.2, 0.25) is 0 Å². The number of methoxy groups -OCH3 is 1. The first kappa shape index (κ1) is 14.5. The van der Waals surface area contributed by atoms with Crippen LogP contribution in [0.25, 0.3) is 0 Å². The fourth-order valence-electron chi connectivity index (χ4n) is 2.89. The highest BCUT2D eigenvalue weighted by molar-refractivity contribution is 5.70. The predicted octanol–water partition coefficient (Wildman–Crippen LogP) is 4.73. The zero-order chi connectivity index (χ0) is 15.9. The Kier molecular flexibility index (Phi) is 3.36. The van der Waals surface area contributed by atoms with E-state index in [0.29, 0.717) is 0 Å². The van der Waals surface area contributed by atoms with Gasteiger partial charge in [0, 0.05) is 29.9 Å². The topological polar surface area (TPSA) is 21.7 Å². The van der Waals surface area contributed by atoms with Gasteiger partial charge in [-0.1, -0.05) is 26.5 Å². The van der Waals surface area contributed by atoms with Gasteiger partial charge in [0.1, 0.15) is 17.2 Å². The number of nitrogens with zero attached hydrogens (tertiary/aromatic N) is 1. The summed E-state index contributed by atoms with van der Waals surface area (Å²) < 4.78 is 11.2. The maximum absolute atomic E-state index is 5.98. The number of likely N-dealkylation sites (N-methyl/N-ethyl adjacent to an activating group) is 1. The summed E-state index contributed by atoms with van der Waals surface area (Å²) in [5.41, 5.74) is 3.44. The number of hydrogen-bond acceptors (Lipinski definition) is 3. The van der Waals surface area contributed by atoms with Gasteiger partial charge in [0.2, 0.25) is 0 Å². The van der Waals surface area contributed by atoms with Crippen LogP contribution in [-0.4, -0.2) is 14.2 Å². The molecule has 0 saturated heterocycles. The van der Waals surface area contributed by atoms with Gasteiger partial charge < -0.3 is 14.4 Å². The predicted molar refractivity (Wildman–Crippen MR) is 90.1 cm³/mol. The largest absolute Gasteiger partial charge is 0.497 e. The monoisotopic (exact) mass is 295 g/mol. The van der Waals surface area contributed by atoms with Crippen LogP contribution >= 0.6 is 0 Å². The minimum absolute atomic E-state index is 0.0855. The van der Waals surface area contributed by atoms with Gasteiger partial charge >= 0.3 is 0 Å². The molecule has 0 aliphatic carbocycles. The van der Waals surface area contributed by atoms with Crippen LogP contribution in [0.3, 0.4) is 0 Å². The Hall–Kier alpha value is -2.42. The second-order valence-corrected chi connectivity index (χ2v) is 6.09. The van der Waals surface area contributed by atoms with E-state index in [1.807, 2.05) is 30.3 Å². The molecule has 1 aliphatic rings. The Balaban J connectivity index is 1.95. The molecule has 0 fully saturated rings. The highest BCUT2D eigenvalue weighted by Crippen LogP contribution is 2.47. The second-order valence-electron chi connectivity index (χ2n) is 6.09. The van der Waals surface area contributed by atoms with E-state index in [4.69, 9.17) is 9.47 Å². The van der Waals surface area contributed by atoms with Gasteiger partial charge in [-0.2, -0.15) is 0 Å². The SMILES string of the molecule is C=C1N(C)c2ccc(Oc3cccc(OC)c3)cc2C1(C)C. The van der Waals surface area contributed by atoms with E-state index < -0.39 is 0 Å². The Labute approximate surface area is 131 Å². The average molecular weight is 295 g/mol. The van der Waals surface area contributed by atoms with Crippen LogP contribution in [0.1, 0.15) is 19.4 Å². The van der Waals surface area contributed by atoms with Gasteiger partial charge in [0.05, 0.1) is 7.11 Å². The van der Waals surface area contributed by atoms with Crippen molar-refractivity contribution in [3.8, 4) is 17.2 Å². The third-order valence-electron chi connectivity index (χ3n) is 4.41. The smallest absolute Gasteiger partial charge is 0.131 e. The molecule has 114 valence electrons. The maximum atomic E-state index is 5.98. The second kappa shape index (κ2) is 5.09. The van der Waals surface area contributed by atoms with Crippen LogP contribution in [0.15, 0.2) is 54.7 Å². The standard InChI is InChI=1S/C19H21NO2/c1-13-19(2,3)17-12-16(9-10-18(17)20(13)4)22-15-8-6-7-14(11-15)21-5/h6-12H,1H2,2-5H3. The minimum Gasteiger partial charge on any atom is -0.497 e. The van der Waals surface area contributed by atoms with Crippen molar-refractivity contribution < 1.29 is 9.47 Å². The summed E-state index contributed by atoms with van der Waals surface area (Å²) >= 11 is 0. The summed E-state index contributed by atoms with van der Waals surface area (Å²) in [4.78, 5) is 2.14. The normalized spacial score (nSPS) is 15.6. The van der Waals surface area contributed by atoms with Crippen LogP contribution < -0.4 is 14.4 Å². The molecule has 3 nitrogen and oxygen atoms in total. The molecule has 2 aromatic carbocycles. The van der Waals surface area contributed by atoms with Gasteiger partial charge in [-0.25, -0.2) is 0 Å². The molecule has 0 saturated carbocycles. The van der Waals surface area contributed by atoms with Crippen molar-refractivity contribution in [3.63, 3.8) is 0 Å². The van der Waals surface area contributed by atoms with Crippen LogP contribution in [0, 0.1) is 0 Å². The molecule has 0 atom stereocenters. The first-order valence-corrected chi connectivity index (χ1v) is 7.33. The third-order valence-corrected chi connectivity index (χ3v) is 4.41. The summed E-state index contributed by atoms with van der Waals surface area (Å²) in [7, 11) is 3.71. The van der Waals surface area contributed by atoms with Crippen LogP contribution in [0.5, 0.6) is 17.2 Å². The average Bonchev–Trinajstić information content (AvgIpc) is 2.69. The van der Waals surface area contributed by atoms with Gasteiger partial charge in [0.15, 0.2) is 0 Å². The fourth-order valence-corrected chi connectivity index (χ4v) is 2.89. The van der Waals surface area contributed by atoms with Crippen LogP contribution in [0.4, 0.5) is 5.69 Å². The Morgan fingerprint density at radius 1 is 1.00 bits per heavy atom. The number of rotatable bonds is 3. The number of hydrogen-bond donors (Lipinski definition) is 0. The lowest BCUT2D eigenvalue weighted by atomic mass is 9.84. The maximum Gasteiger partial charge on any atom is 0.131 e. The van der Waals surface area contributed by atoms with E-state index in [-0.39, 0.29) is 5.41 Å². The lowest BCUT2D eigenvalue weighted by Crippen LogP contribution is -2.21. The molecule has 0 N–H and O–H groups in total. The molecule has 2 aromatic rings. The summed E-state index contributed by atoms with van der Waals surface area (Å²) in [6.45, 7) is 8.58. The molecule has 0 unspecified atom stereocenters. The van der Waals surface area contributed by atoms with E-state index in [0.717, 1.165) is 22.9 Å². The van der Waals surface area contributed by atoms with Crippen molar-refractivity contribution in [2.45, 2.75) is 19.3 Å². The number of allylic oxidation sites excluding steroid dienone is 1. The molecule has 22 heavy (non-hydrogen) atoms. The zero-order valence-electron chi connectivity index (χ0n) is 13.5. The molecule has 1 aliphatic heterocycles. The van der Waals surface area contributed by atoms with Gasteiger partial charge in [0.25, 0.3) is 0 Å². The van der Waals surface area contributed by atoms with Gasteiger partial charge in [-0.05, 0) is 35.9 Å². The van der Waals surface area contributed by atoms with E-state index >= 15 is 0 Å². The van der Waals surface area contributed by atoms with Crippen molar-refractivity contribution in [3.05, 3.63) is 60.3 Å². The van der Waals surface area contributed by atoms with Gasteiger partial charge in [-0.15, -0.1) is 0 Å². The molecule has 3 rings (SSSR count). The summed E-state index contributed by atoms with van der Waals surface area (Å²) in [6, 6.07) is 13.8. The Bertz CT molecular complexity index is 734. The summed E-state index contributed by atoms with van der Waals surface area (Å²) in [5, 5.41) is 0. The van der Waals surface area contributed by atoms with Crippen molar-refractivity contribution in [2.75, 3.05) is 19.1 Å². The first-order valence-electron chi connectivity index (χ1n) is 7.33. The van der Waals surface area contributed by atoms with Crippen molar-refractivity contribution in [2.24, 2.45) is 0 Å². The minimum atomic E-state index is -0.0855. The molecule has 0 bridgehead atoms. The number of benzene rings is 2. The molecular weight excluding hydrogens is 274 g/mol.